The van der Waals surface area contributed by atoms with Gasteiger partial charge in [0.25, 0.3) is 5.91 Å². The average Bonchev–Trinajstić information content (AvgIpc) is 3.06. The number of piperazine rings is 1. The van der Waals surface area contributed by atoms with E-state index in [1.165, 1.54) is 26.2 Å². The van der Waals surface area contributed by atoms with Crippen LogP contribution in [0.5, 0.6) is 17.2 Å². The lowest BCUT2D eigenvalue weighted by Gasteiger charge is -2.35. The minimum Gasteiger partial charge on any atom is -0.496 e. The number of methoxy groups -OCH3 is 3. The second-order valence-corrected chi connectivity index (χ2v) is 9.19. The second kappa shape index (κ2) is 7.93. The van der Waals surface area contributed by atoms with E-state index in [4.69, 9.17) is 14.2 Å². The van der Waals surface area contributed by atoms with Gasteiger partial charge in [0, 0.05) is 18.6 Å². The molecule has 8 nitrogen and oxygen atoms in total. The molecule has 1 aromatic rings. The fraction of sp³-hybridized carbons (Fsp3) is 0.611. The van der Waals surface area contributed by atoms with Crippen LogP contribution in [0.4, 0.5) is 0 Å². The maximum Gasteiger partial charge on any atom is 0.258 e. The predicted octanol–water partition coefficient (Wildman–Crippen LogP) is -0.760. The summed E-state index contributed by atoms with van der Waals surface area (Å²) in [6.07, 6.45) is 0.717. The molecule has 2 aliphatic rings. The van der Waals surface area contributed by atoms with Crippen LogP contribution in [0.25, 0.3) is 0 Å². The molecule has 2 heterocycles. The molecule has 150 valence electrons. The maximum atomic E-state index is 13.0. The molecular weight excluding hydrogens is 372 g/mol. The van der Waals surface area contributed by atoms with E-state index < -0.39 is 9.84 Å². The molecule has 1 amide bonds. The highest BCUT2D eigenvalue weighted by Crippen LogP contribution is 2.35. The SMILES string of the molecule is COc1cc(OC)c(C(=O)N2CC[NH+]([C@@H]3CCS(=O)(=O)C3)CC2)cc1OC. The van der Waals surface area contributed by atoms with Gasteiger partial charge in [-0.25, -0.2) is 8.42 Å². The number of quaternary nitrogens is 1. The summed E-state index contributed by atoms with van der Waals surface area (Å²) >= 11 is 0. The molecule has 0 bridgehead atoms. The third-order valence-electron chi connectivity index (χ3n) is 5.44. The first-order valence-corrected chi connectivity index (χ1v) is 10.8. The van der Waals surface area contributed by atoms with Crippen LogP contribution < -0.4 is 19.1 Å². The Hall–Kier alpha value is -2.00. The third-order valence-corrected chi connectivity index (χ3v) is 7.21. The zero-order valence-corrected chi connectivity index (χ0v) is 16.8. The van der Waals surface area contributed by atoms with Crippen LogP contribution in [0, 0.1) is 0 Å². The molecule has 1 aromatic carbocycles. The Balaban J connectivity index is 1.71. The predicted molar refractivity (Wildman–Crippen MR) is 99.8 cm³/mol. The molecule has 2 aliphatic heterocycles. The van der Waals surface area contributed by atoms with Crippen molar-refractivity contribution < 1.29 is 32.3 Å². The first-order chi connectivity index (χ1) is 12.9. The number of carbonyl (C=O) groups excluding carboxylic acids is 1. The molecule has 0 radical (unpaired) electrons. The number of nitrogens with zero attached hydrogens (tertiary/aromatic N) is 1. The topological polar surface area (TPSA) is 86.6 Å². The number of amides is 1. The van der Waals surface area contributed by atoms with Crippen LogP contribution in [0.2, 0.25) is 0 Å². The lowest BCUT2D eigenvalue weighted by atomic mass is 10.1. The van der Waals surface area contributed by atoms with Gasteiger partial charge in [-0.05, 0) is 0 Å². The zero-order chi connectivity index (χ0) is 19.6. The van der Waals surface area contributed by atoms with Crippen molar-refractivity contribution in [3.63, 3.8) is 0 Å². The molecule has 0 aromatic heterocycles. The Morgan fingerprint density at radius 1 is 1.04 bits per heavy atom. The molecule has 0 saturated carbocycles. The number of ether oxygens (including phenoxy) is 3. The molecule has 9 heteroatoms. The van der Waals surface area contributed by atoms with Crippen molar-refractivity contribution in [3.8, 4) is 17.2 Å². The van der Waals surface area contributed by atoms with Crippen molar-refractivity contribution in [1.82, 2.24) is 4.90 Å². The molecule has 27 heavy (non-hydrogen) atoms. The number of rotatable bonds is 5. The van der Waals surface area contributed by atoms with Gasteiger partial charge in [-0.15, -0.1) is 0 Å². The standard InChI is InChI=1S/C18H26N2O6S/c1-24-15-11-17(26-3)16(25-2)10-14(15)18(21)20-7-5-19(6-8-20)13-4-9-27(22,23)12-13/h10-11,13H,4-9,12H2,1-3H3/p+1/t13-/m1/s1. The third kappa shape index (κ3) is 4.14. The van der Waals surface area contributed by atoms with Gasteiger partial charge in [-0.1, -0.05) is 0 Å². The maximum absolute atomic E-state index is 13.0. The van der Waals surface area contributed by atoms with Crippen LogP contribution in [0.1, 0.15) is 16.8 Å². The van der Waals surface area contributed by atoms with Crippen LogP contribution in [0.3, 0.4) is 0 Å². The molecule has 2 fully saturated rings. The highest BCUT2D eigenvalue weighted by molar-refractivity contribution is 7.91. The summed E-state index contributed by atoms with van der Waals surface area (Å²) < 4.78 is 39.4. The smallest absolute Gasteiger partial charge is 0.258 e. The minimum absolute atomic E-state index is 0.120. The fourth-order valence-electron chi connectivity index (χ4n) is 3.89. The summed E-state index contributed by atoms with van der Waals surface area (Å²) in [4.78, 5) is 16.1. The molecule has 3 rings (SSSR count). The Bertz CT molecular complexity index is 802. The summed E-state index contributed by atoms with van der Waals surface area (Å²) in [6.45, 7) is 2.67. The summed E-state index contributed by atoms with van der Waals surface area (Å²) in [5, 5.41) is 0. The zero-order valence-electron chi connectivity index (χ0n) is 16.0. The summed E-state index contributed by atoms with van der Waals surface area (Å²) in [5.41, 5.74) is 0.432. The Morgan fingerprint density at radius 3 is 2.15 bits per heavy atom. The second-order valence-electron chi connectivity index (χ2n) is 6.96. The highest BCUT2D eigenvalue weighted by Gasteiger charge is 2.37. The monoisotopic (exact) mass is 399 g/mol. The Kier molecular flexibility index (Phi) is 5.81. The summed E-state index contributed by atoms with van der Waals surface area (Å²) in [7, 11) is 1.69. The van der Waals surface area contributed by atoms with E-state index in [1.54, 1.807) is 17.0 Å². The minimum atomic E-state index is -2.88. The highest BCUT2D eigenvalue weighted by atomic mass is 32.2. The molecule has 0 aliphatic carbocycles. The van der Waals surface area contributed by atoms with Gasteiger partial charge >= 0.3 is 0 Å². The van der Waals surface area contributed by atoms with Crippen molar-refractivity contribution in [3.05, 3.63) is 17.7 Å². The number of benzene rings is 1. The van der Waals surface area contributed by atoms with Crippen molar-refractivity contribution >= 4 is 15.7 Å². The molecule has 2 saturated heterocycles. The largest absolute Gasteiger partial charge is 0.496 e. The van der Waals surface area contributed by atoms with Gasteiger partial charge in [0.05, 0.1) is 58.8 Å². The van der Waals surface area contributed by atoms with Crippen molar-refractivity contribution in [2.24, 2.45) is 0 Å². The van der Waals surface area contributed by atoms with Gasteiger partial charge in [0.15, 0.2) is 21.3 Å². The molecule has 0 unspecified atom stereocenters. The van der Waals surface area contributed by atoms with E-state index in [-0.39, 0.29) is 23.5 Å². The number of hydrogen-bond donors (Lipinski definition) is 1. The Morgan fingerprint density at radius 2 is 1.63 bits per heavy atom. The van der Waals surface area contributed by atoms with Gasteiger partial charge < -0.3 is 24.0 Å². The number of carbonyl (C=O) groups is 1. The van der Waals surface area contributed by atoms with E-state index in [9.17, 15) is 13.2 Å². The van der Waals surface area contributed by atoms with Crippen molar-refractivity contribution in [1.29, 1.82) is 0 Å². The number of nitrogens with one attached hydrogen (secondary N) is 1. The fourth-order valence-corrected chi connectivity index (χ4v) is 5.71. The van der Waals surface area contributed by atoms with Gasteiger partial charge in [-0.2, -0.15) is 0 Å². The van der Waals surface area contributed by atoms with E-state index in [0.29, 0.717) is 35.9 Å². The van der Waals surface area contributed by atoms with E-state index in [2.05, 4.69) is 0 Å². The van der Waals surface area contributed by atoms with Crippen molar-refractivity contribution in [2.75, 3.05) is 59.0 Å². The van der Waals surface area contributed by atoms with Gasteiger partial charge in [0.2, 0.25) is 0 Å². The van der Waals surface area contributed by atoms with Crippen LogP contribution >= 0.6 is 0 Å². The first kappa shape index (κ1) is 19.8. The number of hydrogen-bond acceptors (Lipinski definition) is 6. The average molecular weight is 399 g/mol. The molecular formula is C18H27N2O6S+. The van der Waals surface area contributed by atoms with Crippen molar-refractivity contribution in [2.45, 2.75) is 12.5 Å². The van der Waals surface area contributed by atoms with E-state index >= 15 is 0 Å². The Labute approximate surface area is 159 Å². The molecule has 1 N–H and O–H groups in total. The van der Waals surface area contributed by atoms with E-state index in [0.717, 1.165) is 19.5 Å². The molecule has 1 atom stereocenters. The lowest BCUT2D eigenvalue weighted by molar-refractivity contribution is -0.925. The normalized spacial score (nSPS) is 22.5. The first-order valence-electron chi connectivity index (χ1n) is 9.02. The molecule has 0 spiro atoms. The lowest BCUT2D eigenvalue weighted by Crippen LogP contribution is -3.18. The summed E-state index contributed by atoms with van der Waals surface area (Å²) in [5.74, 6) is 1.84. The van der Waals surface area contributed by atoms with Crippen LogP contribution in [0.15, 0.2) is 12.1 Å². The summed E-state index contributed by atoms with van der Waals surface area (Å²) in [6, 6.07) is 3.45. The number of sulfone groups is 1. The van der Waals surface area contributed by atoms with Gasteiger partial charge in [0.1, 0.15) is 17.5 Å². The van der Waals surface area contributed by atoms with Crippen LogP contribution in [-0.4, -0.2) is 84.3 Å². The quantitative estimate of drug-likeness (QED) is 0.701. The van der Waals surface area contributed by atoms with Gasteiger partial charge in [-0.3, -0.25) is 4.79 Å². The van der Waals surface area contributed by atoms with E-state index in [1.807, 2.05) is 0 Å². The van der Waals surface area contributed by atoms with Crippen LogP contribution in [-0.2, 0) is 9.84 Å².